The Balaban J connectivity index is 2.19. The zero-order valence-corrected chi connectivity index (χ0v) is 21.8. The van der Waals surface area contributed by atoms with Gasteiger partial charge in [0.25, 0.3) is 0 Å². The Labute approximate surface area is 203 Å². The molecule has 0 N–H and O–H groups in total. The number of rotatable bonds is 8. The molecular weight excluding hydrogens is 424 g/mol. The Hall–Kier alpha value is -2.88. The molecular formula is C30H38O4. The van der Waals surface area contributed by atoms with Crippen LogP contribution in [0.3, 0.4) is 0 Å². The van der Waals surface area contributed by atoms with Gasteiger partial charge in [-0.25, -0.2) is 0 Å². The Morgan fingerprint density at radius 3 is 1.15 bits per heavy atom. The van der Waals surface area contributed by atoms with Crippen molar-refractivity contribution in [2.24, 2.45) is 10.8 Å². The second-order valence-corrected chi connectivity index (χ2v) is 10.5. The number of hydrogen-bond acceptors (Lipinski definition) is 4. The second kappa shape index (κ2) is 9.77. The Bertz CT molecular complexity index is 1050. The molecule has 0 radical (unpaired) electrons. The second-order valence-electron chi connectivity index (χ2n) is 10.5. The van der Waals surface area contributed by atoms with E-state index in [1.165, 1.54) is 0 Å². The van der Waals surface area contributed by atoms with E-state index in [4.69, 9.17) is 9.47 Å². The highest BCUT2D eigenvalue weighted by Crippen LogP contribution is 2.42. The predicted molar refractivity (Wildman–Crippen MR) is 139 cm³/mol. The summed E-state index contributed by atoms with van der Waals surface area (Å²) in [5.74, 6) is -0.410. The number of ether oxygens (including phenoxy) is 2. The van der Waals surface area contributed by atoms with Gasteiger partial charge in [0.2, 0.25) is 0 Å². The fraction of sp³-hybridized carbons (Fsp3) is 0.467. The fourth-order valence-corrected chi connectivity index (χ4v) is 4.12. The summed E-state index contributed by atoms with van der Waals surface area (Å²) in [4.78, 5) is 25.8. The highest BCUT2D eigenvalue weighted by Gasteiger charge is 2.32. The van der Waals surface area contributed by atoms with Crippen molar-refractivity contribution in [3.63, 3.8) is 0 Å². The third-order valence-corrected chi connectivity index (χ3v) is 7.27. The lowest BCUT2D eigenvalue weighted by atomic mass is 9.87. The van der Waals surface area contributed by atoms with Gasteiger partial charge in [-0.2, -0.15) is 0 Å². The van der Waals surface area contributed by atoms with Crippen molar-refractivity contribution in [1.29, 1.82) is 0 Å². The van der Waals surface area contributed by atoms with Crippen LogP contribution in [0.15, 0.2) is 48.5 Å². The molecule has 0 saturated heterocycles. The van der Waals surface area contributed by atoms with Crippen molar-refractivity contribution in [2.45, 2.75) is 80.4 Å². The zero-order chi connectivity index (χ0) is 25.3. The van der Waals surface area contributed by atoms with Gasteiger partial charge in [-0.1, -0.05) is 62.4 Å². The smallest absolute Gasteiger partial charge is 0.312 e. The zero-order valence-electron chi connectivity index (χ0n) is 21.8. The molecule has 0 heterocycles. The lowest BCUT2D eigenvalue weighted by Crippen LogP contribution is -2.27. The molecule has 2 atom stereocenters. The lowest BCUT2D eigenvalue weighted by Gasteiger charge is -2.28. The topological polar surface area (TPSA) is 52.6 Å². The van der Waals surface area contributed by atoms with Crippen LogP contribution in [0.5, 0.6) is 0 Å². The van der Waals surface area contributed by atoms with Crippen molar-refractivity contribution in [3.05, 3.63) is 59.7 Å². The molecule has 0 spiro atoms. The number of fused-ring (bicyclic) bond motifs is 2. The van der Waals surface area contributed by atoms with Crippen molar-refractivity contribution < 1.29 is 19.1 Å². The highest BCUT2D eigenvalue weighted by molar-refractivity contribution is 6.06. The Kier molecular flexibility index (Phi) is 7.40. The maximum absolute atomic E-state index is 12.9. The summed E-state index contributed by atoms with van der Waals surface area (Å²) in [7, 11) is 0. The van der Waals surface area contributed by atoms with E-state index in [-0.39, 0.29) is 11.9 Å². The average Bonchev–Trinajstić information content (AvgIpc) is 2.81. The number of carbonyl (C=O) groups excluding carboxylic acids is 2. The van der Waals surface area contributed by atoms with E-state index in [9.17, 15) is 9.59 Å². The van der Waals surface area contributed by atoms with Crippen LogP contribution in [0.25, 0.3) is 21.5 Å². The van der Waals surface area contributed by atoms with Crippen LogP contribution in [0.4, 0.5) is 0 Å². The molecule has 3 aromatic carbocycles. The molecule has 4 heteroatoms. The molecule has 4 nitrogen and oxygen atoms in total. The van der Waals surface area contributed by atoms with Crippen LogP contribution in [0, 0.1) is 10.8 Å². The van der Waals surface area contributed by atoms with Gasteiger partial charge in [0.15, 0.2) is 0 Å². The van der Waals surface area contributed by atoms with Crippen LogP contribution in [-0.4, -0.2) is 11.9 Å². The molecule has 0 aliphatic rings. The first-order chi connectivity index (χ1) is 15.9. The van der Waals surface area contributed by atoms with E-state index < -0.39 is 23.0 Å². The lowest BCUT2D eigenvalue weighted by molar-refractivity contribution is -0.160. The number of esters is 2. The minimum absolute atomic E-state index is 0.205. The average molecular weight is 463 g/mol. The van der Waals surface area contributed by atoms with Gasteiger partial charge in [-0.05, 0) is 75.9 Å². The van der Waals surface area contributed by atoms with Gasteiger partial charge in [-0.15, -0.1) is 0 Å². The van der Waals surface area contributed by atoms with Gasteiger partial charge in [0, 0.05) is 11.1 Å². The first-order valence-corrected chi connectivity index (χ1v) is 12.3. The van der Waals surface area contributed by atoms with E-state index in [0.29, 0.717) is 12.8 Å². The molecule has 0 aliphatic heterocycles. The summed E-state index contributed by atoms with van der Waals surface area (Å²) < 4.78 is 12.0. The van der Waals surface area contributed by atoms with Crippen molar-refractivity contribution in [3.8, 4) is 0 Å². The summed E-state index contributed by atoms with van der Waals surface area (Å²) in [6.07, 6.45) is 0.546. The third kappa shape index (κ3) is 4.82. The van der Waals surface area contributed by atoms with Crippen LogP contribution in [0.1, 0.15) is 91.6 Å². The minimum Gasteiger partial charge on any atom is -0.457 e. The van der Waals surface area contributed by atoms with Gasteiger partial charge < -0.3 is 9.47 Å². The predicted octanol–water partition coefficient (Wildman–Crippen LogP) is 8.07. The van der Waals surface area contributed by atoms with E-state index in [1.54, 1.807) is 0 Å². The molecule has 0 fully saturated rings. The maximum Gasteiger partial charge on any atom is 0.312 e. The number of carbonyl (C=O) groups is 2. The van der Waals surface area contributed by atoms with Gasteiger partial charge in [-0.3, -0.25) is 9.59 Å². The summed E-state index contributed by atoms with van der Waals surface area (Å²) >= 11 is 0. The van der Waals surface area contributed by atoms with Gasteiger partial charge in [0.05, 0.1) is 10.8 Å². The van der Waals surface area contributed by atoms with Crippen LogP contribution < -0.4 is 0 Å². The number of hydrogen-bond donors (Lipinski definition) is 0. The Morgan fingerprint density at radius 2 is 0.912 bits per heavy atom. The molecule has 182 valence electrons. The molecule has 3 aromatic rings. The standard InChI is InChI=1S/C30H38O4/c1-9-29(5,6)27(31)33-19(3)25-21-15-11-13-17-23(21)26(24-18-14-12-16-22(24)25)20(4)34-28(32)30(7,8)10-2/h11-20H,9-10H2,1-8H3. The Morgan fingerprint density at radius 1 is 0.647 bits per heavy atom. The quantitative estimate of drug-likeness (QED) is 0.251. The fourth-order valence-electron chi connectivity index (χ4n) is 4.12. The van der Waals surface area contributed by atoms with E-state index in [1.807, 2.05) is 79.7 Å². The first kappa shape index (κ1) is 25.7. The monoisotopic (exact) mass is 462 g/mol. The third-order valence-electron chi connectivity index (χ3n) is 7.27. The maximum atomic E-state index is 12.9. The van der Waals surface area contributed by atoms with Gasteiger partial charge in [0.1, 0.15) is 12.2 Å². The molecule has 34 heavy (non-hydrogen) atoms. The molecule has 3 rings (SSSR count). The van der Waals surface area contributed by atoms with E-state index in [0.717, 1.165) is 32.7 Å². The van der Waals surface area contributed by atoms with Crippen molar-refractivity contribution in [2.75, 3.05) is 0 Å². The van der Waals surface area contributed by atoms with E-state index >= 15 is 0 Å². The van der Waals surface area contributed by atoms with E-state index in [2.05, 4.69) is 24.3 Å². The summed E-state index contributed by atoms with van der Waals surface area (Å²) in [6, 6.07) is 16.2. The van der Waals surface area contributed by atoms with Crippen molar-refractivity contribution >= 4 is 33.5 Å². The molecule has 0 amide bonds. The summed E-state index contributed by atoms with van der Waals surface area (Å²) in [6.45, 7) is 15.5. The normalized spacial score (nSPS) is 14.1. The van der Waals surface area contributed by atoms with Crippen LogP contribution in [0.2, 0.25) is 0 Å². The molecule has 0 saturated carbocycles. The molecule has 2 unspecified atom stereocenters. The SMILES string of the molecule is CCC(C)(C)C(=O)OC(C)c1c2ccccc2c(C(C)OC(=O)C(C)(C)CC)c2ccccc12. The minimum atomic E-state index is -0.547. The van der Waals surface area contributed by atoms with Gasteiger partial charge >= 0.3 is 11.9 Å². The highest BCUT2D eigenvalue weighted by atomic mass is 16.5. The largest absolute Gasteiger partial charge is 0.457 e. The number of benzene rings is 3. The molecule has 0 aromatic heterocycles. The summed E-state index contributed by atoms with van der Waals surface area (Å²) in [5.41, 5.74) is 0.855. The molecule has 0 aliphatic carbocycles. The van der Waals surface area contributed by atoms with Crippen molar-refractivity contribution in [1.82, 2.24) is 0 Å². The molecule has 0 bridgehead atoms. The summed E-state index contributed by atoms with van der Waals surface area (Å²) in [5, 5.41) is 4.01. The first-order valence-electron chi connectivity index (χ1n) is 12.3. The van der Waals surface area contributed by atoms with Crippen LogP contribution in [-0.2, 0) is 19.1 Å². The van der Waals surface area contributed by atoms with Crippen LogP contribution >= 0.6 is 0 Å².